The molecule has 1 aromatic carbocycles. The van der Waals surface area contributed by atoms with Crippen LogP contribution in [0.1, 0.15) is 43.2 Å². The number of rotatable bonds is 5. The van der Waals surface area contributed by atoms with Crippen molar-refractivity contribution in [1.29, 1.82) is 0 Å². The zero-order chi connectivity index (χ0) is 20.3. The third-order valence-electron chi connectivity index (χ3n) is 6.84. The summed E-state index contributed by atoms with van der Waals surface area (Å²) < 4.78 is 5.43. The van der Waals surface area contributed by atoms with E-state index >= 15 is 0 Å². The van der Waals surface area contributed by atoms with Crippen molar-refractivity contribution in [2.24, 2.45) is 0 Å². The summed E-state index contributed by atoms with van der Waals surface area (Å²) in [6, 6.07) is 8.29. The molecule has 158 valence electrons. The Morgan fingerprint density at radius 2 is 1.97 bits per heavy atom. The van der Waals surface area contributed by atoms with Crippen molar-refractivity contribution < 1.29 is 14.3 Å². The molecule has 0 radical (unpaired) electrons. The lowest BCUT2D eigenvalue weighted by Gasteiger charge is -2.44. The molecule has 0 unspecified atom stereocenters. The third kappa shape index (κ3) is 4.33. The van der Waals surface area contributed by atoms with Crippen LogP contribution in [0, 0.1) is 6.92 Å². The number of carbonyl (C=O) groups excluding carboxylic acids is 2. The summed E-state index contributed by atoms with van der Waals surface area (Å²) in [5, 5.41) is 3.23. The molecule has 2 atom stereocenters. The van der Waals surface area contributed by atoms with Crippen LogP contribution in [0.3, 0.4) is 0 Å². The Hall–Kier alpha value is -1.92. The van der Waals surface area contributed by atoms with E-state index < -0.39 is 5.54 Å². The number of ether oxygens (including phenoxy) is 1. The van der Waals surface area contributed by atoms with Crippen LogP contribution >= 0.6 is 0 Å². The summed E-state index contributed by atoms with van der Waals surface area (Å²) in [7, 11) is 0. The molecule has 0 aromatic heterocycles. The topological polar surface area (TPSA) is 61.9 Å². The predicted molar refractivity (Wildman–Crippen MR) is 112 cm³/mol. The first-order valence-electron chi connectivity index (χ1n) is 11.0. The molecule has 0 saturated carbocycles. The second kappa shape index (κ2) is 8.84. The Morgan fingerprint density at radius 1 is 1.17 bits per heavy atom. The van der Waals surface area contributed by atoms with Crippen LogP contribution in [-0.2, 0) is 20.7 Å². The quantitative estimate of drug-likeness (QED) is 0.822. The van der Waals surface area contributed by atoms with Crippen LogP contribution in [0.25, 0.3) is 0 Å². The minimum Gasteiger partial charge on any atom is -0.378 e. The van der Waals surface area contributed by atoms with E-state index in [0.717, 1.165) is 45.2 Å². The molecular formula is C23H33N3O3. The van der Waals surface area contributed by atoms with Crippen LogP contribution in [0.5, 0.6) is 0 Å². The van der Waals surface area contributed by atoms with Crippen LogP contribution in [0.4, 0.5) is 0 Å². The highest BCUT2D eigenvalue weighted by Crippen LogP contribution is 2.39. The number of fused-ring (bicyclic) bond motifs is 1. The van der Waals surface area contributed by atoms with E-state index in [9.17, 15) is 9.59 Å². The Bertz CT molecular complexity index is 747. The lowest BCUT2D eigenvalue weighted by molar-refractivity contribution is -0.149. The van der Waals surface area contributed by atoms with Crippen LogP contribution in [-0.4, -0.2) is 72.6 Å². The SMILES string of the molecule is Cc1ccccc1CCC(=O)N[C@@H]1CN2CCCC[C@@]2(C(=O)N2CCOCC2)C1. The molecule has 3 aliphatic heterocycles. The molecule has 6 heteroatoms. The number of nitrogens with zero attached hydrogens (tertiary/aromatic N) is 2. The number of benzene rings is 1. The maximum Gasteiger partial charge on any atom is 0.243 e. The number of piperidine rings is 1. The lowest BCUT2D eigenvalue weighted by Crippen LogP contribution is -2.60. The van der Waals surface area contributed by atoms with E-state index in [0.29, 0.717) is 32.7 Å². The third-order valence-corrected chi connectivity index (χ3v) is 6.84. The molecule has 0 spiro atoms. The molecule has 0 aliphatic carbocycles. The summed E-state index contributed by atoms with van der Waals surface area (Å²) in [5.41, 5.74) is 2.03. The molecule has 3 saturated heterocycles. The summed E-state index contributed by atoms with van der Waals surface area (Å²) >= 11 is 0. The van der Waals surface area contributed by atoms with Crippen LogP contribution < -0.4 is 5.32 Å². The van der Waals surface area contributed by atoms with Gasteiger partial charge < -0.3 is 15.0 Å². The number of hydrogen-bond acceptors (Lipinski definition) is 4. The zero-order valence-corrected chi connectivity index (χ0v) is 17.5. The second-order valence-corrected chi connectivity index (χ2v) is 8.73. The summed E-state index contributed by atoms with van der Waals surface area (Å²) in [5.74, 6) is 0.337. The highest BCUT2D eigenvalue weighted by Gasteiger charge is 2.53. The fourth-order valence-electron chi connectivity index (χ4n) is 5.25. The largest absolute Gasteiger partial charge is 0.378 e. The number of aryl methyl sites for hydroxylation is 2. The molecule has 3 heterocycles. The van der Waals surface area contributed by atoms with Gasteiger partial charge in [0.05, 0.1) is 13.2 Å². The van der Waals surface area contributed by atoms with E-state index in [-0.39, 0.29) is 17.9 Å². The van der Waals surface area contributed by atoms with Crippen molar-refractivity contribution in [2.75, 3.05) is 39.4 Å². The Labute approximate surface area is 173 Å². The number of morpholine rings is 1. The zero-order valence-electron chi connectivity index (χ0n) is 17.5. The Balaban J connectivity index is 1.37. The van der Waals surface area contributed by atoms with Gasteiger partial charge in [0.2, 0.25) is 11.8 Å². The fourth-order valence-corrected chi connectivity index (χ4v) is 5.25. The first-order chi connectivity index (χ1) is 14.1. The second-order valence-electron chi connectivity index (χ2n) is 8.73. The van der Waals surface area contributed by atoms with Crippen molar-refractivity contribution in [3.8, 4) is 0 Å². The maximum atomic E-state index is 13.5. The Morgan fingerprint density at radius 3 is 2.76 bits per heavy atom. The van der Waals surface area contributed by atoms with Gasteiger partial charge in [0.25, 0.3) is 0 Å². The highest BCUT2D eigenvalue weighted by molar-refractivity contribution is 5.87. The van der Waals surface area contributed by atoms with Gasteiger partial charge in [0.15, 0.2) is 0 Å². The monoisotopic (exact) mass is 399 g/mol. The van der Waals surface area contributed by atoms with Gasteiger partial charge in [-0.2, -0.15) is 0 Å². The van der Waals surface area contributed by atoms with Gasteiger partial charge in [-0.3, -0.25) is 14.5 Å². The maximum absolute atomic E-state index is 13.5. The average molecular weight is 400 g/mol. The molecule has 3 fully saturated rings. The normalized spacial score (nSPS) is 27.5. The van der Waals surface area contributed by atoms with Crippen LogP contribution in [0.2, 0.25) is 0 Å². The number of nitrogens with one attached hydrogen (secondary N) is 1. The molecule has 4 rings (SSSR count). The standard InChI is InChI=1S/C23H33N3O3/c1-18-6-2-3-7-19(18)8-9-21(27)24-20-16-23(10-4-5-11-26(23)17-20)22(28)25-12-14-29-15-13-25/h2-3,6-7,20H,4-5,8-17H2,1H3,(H,24,27)/t20-,23-/m0/s1. The number of amides is 2. The molecule has 1 aromatic rings. The van der Waals surface area contributed by atoms with Gasteiger partial charge in [-0.25, -0.2) is 0 Å². The molecule has 2 amide bonds. The minimum absolute atomic E-state index is 0.0578. The molecule has 6 nitrogen and oxygen atoms in total. The smallest absolute Gasteiger partial charge is 0.243 e. The lowest BCUT2D eigenvalue weighted by atomic mass is 9.84. The van der Waals surface area contributed by atoms with Crippen molar-refractivity contribution in [3.05, 3.63) is 35.4 Å². The van der Waals surface area contributed by atoms with E-state index in [1.54, 1.807) is 0 Å². The van der Waals surface area contributed by atoms with E-state index in [1.807, 2.05) is 17.0 Å². The van der Waals surface area contributed by atoms with Gasteiger partial charge in [-0.05, 0) is 56.7 Å². The first-order valence-corrected chi connectivity index (χ1v) is 11.0. The van der Waals surface area contributed by atoms with Crippen molar-refractivity contribution in [2.45, 2.75) is 57.0 Å². The van der Waals surface area contributed by atoms with Gasteiger partial charge in [-0.1, -0.05) is 24.3 Å². The first kappa shape index (κ1) is 20.4. The predicted octanol–water partition coefficient (Wildman–Crippen LogP) is 1.90. The van der Waals surface area contributed by atoms with Crippen molar-refractivity contribution >= 4 is 11.8 Å². The molecule has 0 bridgehead atoms. The van der Waals surface area contributed by atoms with E-state index in [4.69, 9.17) is 4.74 Å². The van der Waals surface area contributed by atoms with Gasteiger partial charge in [0.1, 0.15) is 5.54 Å². The fraction of sp³-hybridized carbons (Fsp3) is 0.652. The van der Waals surface area contributed by atoms with Gasteiger partial charge >= 0.3 is 0 Å². The summed E-state index contributed by atoms with van der Waals surface area (Å²) in [6.07, 6.45) is 5.10. The summed E-state index contributed by atoms with van der Waals surface area (Å²) in [4.78, 5) is 30.4. The molecule has 1 N–H and O–H groups in total. The van der Waals surface area contributed by atoms with Gasteiger partial charge in [-0.15, -0.1) is 0 Å². The summed E-state index contributed by atoms with van der Waals surface area (Å²) in [6.45, 7) is 6.44. The van der Waals surface area contributed by atoms with Crippen molar-refractivity contribution in [3.63, 3.8) is 0 Å². The molecule has 29 heavy (non-hydrogen) atoms. The molecular weight excluding hydrogens is 366 g/mol. The highest BCUT2D eigenvalue weighted by atomic mass is 16.5. The Kier molecular flexibility index (Phi) is 6.20. The van der Waals surface area contributed by atoms with Crippen molar-refractivity contribution in [1.82, 2.24) is 15.1 Å². The average Bonchev–Trinajstić information content (AvgIpc) is 3.12. The van der Waals surface area contributed by atoms with E-state index in [1.165, 1.54) is 11.1 Å². The molecule has 3 aliphatic rings. The number of hydrogen-bond donors (Lipinski definition) is 1. The van der Waals surface area contributed by atoms with Gasteiger partial charge in [0, 0.05) is 32.1 Å². The minimum atomic E-state index is -0.427. The number of carbonyl (C=O) groups is 2. The van der Waals surface area contributed by atoms with E-state index in [2.05, 4.69) is 29.3 Å². The van der Waals surface area contributed by atoms with Crippen LogP contribution in [0.15, 0.2) is 24.3 Å².